The average molecular weight is 219 g/mol. The molecule has 11 heavy (non-hydrogen) atoms. The molecule has 0 atom stereocenters. The average Bonchev–Trinajstić information content (AvgIpc) is 2.81. The lowest BCUT2D eigenvalue weighted by Gasteiger charge is -2.18. The molecule has 0 unspecified atom stereocenters. The second kappa shape index (κ2) is 3.93. The number of hydrogen-bond donors (Lipinski definition) is 0. The van der Waals surface area contributed by atoms with Crippen molar-refractivity contribution >= 4 is 15.9 Å². The zero-order valence-electron chi connectivity index (χ0n) is 7.70. The Labute approximate surface area is 78.9 Å². The number of hydrogen-bond acceptors (Lipinski definition) is 0. The highest BCUT2D eigenvalue weighted by molar-refractivity contribution is 9.09. The van der Waals surface area contributed by atoms with Gasteiger partial charge in [-0.25, -0.2) is 0 Å². The quantitative estimate of drug-likeness (QED) is 0.613. The first-order valence-electron chi connectivity index (χ1n) is 4.82. The predicted molar refractivity (Wildman–Crippen MR) is 54.2 cm³/mol. The van der Waals surface area contributed by atoms with Crippen molar-refractivity contribution in [3.05, 3.63) is 0 Å². The highest BCUT2D eigenvalue weighted by Gasteiger charge is 2.42. The van der Waals surface area contributed by atoms with Crippen LogP contribution in [0.3, 0.4) is 0 Å². The van der Waals surface area contributed by atoms with Crippen molar-refractivity contribution < 1.29 is 0 Å². The van der Waals surface area contributed by atoms with E-state index in [1.807, 2.05) is 0 Å². The third-order valence-corrected chi connectivity index (χ3v) is 4.31. The van der Waals surface area contributed by atoms with E-state index in [0.717, 1.165) is 11.3 Å². The van der Waals surface area contributed by atoms with Crippen LogP contribution in [0.1, 0.15) is 46.0 Å². The Hall–Kier alpha value is 0.480. The summed E-state index contributed by atoms with van der Waals surface area (Å²) in [7, 11) is 0. The monoisotopic (exact) mass is 218 g/mol. The second-order valence-electron chi connectivity index (χ2n) is 4.02. The third kappa shape index (κ3) is 2.47. The molecule has 0 nitrogen and oxygen atoms in total. The molecule has 0 spiro atoms. The van der Waals surface area contributed by atoms with Crippen LogP contribution in [0.2, 0.25) is 0 Å². The molecule has 66 valence electrons. The van der Waals surface area contributed by atoms with Gasteiger partial charge in [0.25, 0.3) is 0 Å². The first-order chi connectivity index (χ1) is 5.26. The summed E-state index contributed by atoms with van der Waals surface area (Å²) in [6.45, 7) is 4.64. The minimum atomic E-state index is 0.733. The minimum absolute atomic E-state index is 0.733. The largest absolute Gasteiger partial charge is 0.0922 e. The summed E-state index contributed by atoms with van der Waals surface area (Å²) in [6, 6.07) is 0. The van der Waals surface area contributed by atoms with Crippen LogP contribution in [0.25, 0.3) is 0 Å². The van der Waals surface area contributed by atoms with Crippen LogP contribution < -0.4 is 0 Å². The highest BCUT2D eigenvalue weighted by atomic mass is 79.9. The van der Waals surface area contributed by atoms with E-state index in [1.165, 1.54) is 37.4 Å². The molecule has 1 aliphatic carbocycles. The lowest BCUT2D eigenvalue weighted by atomic mass is 9.90. The number of halogens is 1. The summed E-state index contributed by atoms with van der Waals surface area (Å²) in [5.41, 5.74) is 0.733. The smallest absolute Gasteiger partial charge is 0.00880 e. The Balaban J connectivity index is 2.27. The molecule has 0 aromatic carbocycles. The molecule has 1 aliphatic rings. The maximum Gasteiger partial charge on any atom is 0.00880 e. The first kappa shape index (κ1) is 9.57. The number of rotatable bonds is 5. The Morgan fingerprint density at radius 3 is 2.09 bits per heavy atom. The molecule has 0 saturated heterocycles. The molecule has 0 bridgehead atoms. The molecular weight excluding hydrogens is 200 g/mol. The van der Waals surface area contributed by atoms with Crippen LogP contribution in [-0.2, 0) is 0 Å². The third-order valence-electron chi connectivity index (χ3n) is 3.12. The zero-order chi connectivity index (χ0) is 8.32. The van der Waals surface area contributed by atoms with Gasteiger partial charge in [-0.2, -0.15) is 0 Å². The van der Waals surface area contributed by atoms with Crippen molar-refractivity contribution in [1.29, 1.82) is 0 Å². The molecule has 0 amide bonds. The first-order valence-corrected chi connectivity index (χ1v) is 5.94. The molecule has 0 aromatic rings. The Bertz CT molecular complexity index is 112. The Kier molecular flexibility index (Phi) is 3.42. The summed E-state index contributed by atoms with van der Waals surface area (Å²) < 4.78 is 0. The maximum absolute atomic E-state index is 3.62. The maximum atomic E-state index is 3.62. The molecule has 1 rings (SSSR count). The van der Waals surface area contributed by atoms with Crippen LogP contribution >= 0.6 is 15.9 Å². The van der Waals surface area contributed by atoms with Gasteiger partial charge >= 0.3 is 0 Å². The van der Waals surface area contributed by atoms with E-state index < -0.39 is 0 Å². The van der Waals surface area contributed by atoms with Crippen LogP contribution in [0.15, 0.2) is 0 Å². The lowest BCUT2D eigenvalue weighted by Crippen LogP contribution is -2.09. The summed E-state index contributed by atoms with van der Waals surface area (Å²) in [6.07, 6.45) is 7.13. The van der Waals surface area contributed by atoms with Crippen molar-refractivity contribution in [3.8, 4) is 0 Å². The van der Waals surface area contributed by atoms with E-state index in [9.17, 15) is 0 Å². The molecule has 0 aliphatic heterocycles. The zero-order valence-corrected chi connectivity index (χ0v) is 9.28. The van der Waals surface area contributed by atoms with Gasteiger partial charge in [-0.3, -0.25) is 0 Å². The van der Waals surface area contributed by atoms with Gasteiger partial charge in [0, 0.05) is 5.33 Å². The topological polar surface area (TPSA) is 0 Å². The normalized spacial score (nSPS) is 20.7. The SMILES string of the molecule is CCC(CC)CC1(CBr)CC1. The van der Waals surface area contributed by atoms with Gasteiger partial charge < -0.3 is 0 Å². The Morgan fingerprint density at radius 2 is 1.82 bits per heavy atom. The molecule has 0 N–H and O–H groups in total. The molecular formula is C10H19Br. The molecule has 1 fully saturated rings. The van der Waals surface area contributed by atoms with E-state index in [0.29, 0.717) is 0 Å². The fourth-order valence-electron chi connectivity index (χ4n) is 1.76. The van der Waals surface area contributed by atoms with Crippen molar-refractivity contribution in [2.24, 2.45) is 11.3 Å². The van der Waals surface area contributed by atoms with Crippen molar-refractivity contribution in [2.45, 2.75) is 46.0 Å². The van der Waals surface area contributed by atoms with Gasteiger partial charge in [0.2, 0.25) is 0 Å². The standard InChI is InChI=1S/C10H19Br/c1-3-9(4-2)7-10(8-11)5-6-10/h9H,3-8H2,1-2H3. The molecule has 0 heterocycles. The molecule has 1 saturated carbocycles. The van der Waals surface area contributed by atoms with Crippen molar-refractivity contribution in [3.63, 3.8) is 0 Å². The minimum Gasteiger partial charge on any atom is -0.0922 e. The van der Waals surface area contributed by atoms with Crippen molar-refractivity contribution in [2.75, 3.05) is 5.33 Å². The van der Waals surface area contributed by atoms with E-state index >= 15 is 0 Å². The number of alkyl halides is 1. The molecule has 0 aromatic heterocycles. The summed E-state index contributed by atoms with van der Waals surface area (Å²) in [5, 5.41) is 1.23. The molecule has 1 heteroatoms. The second-order valence-corrected chi connectivity index (χ2v) is 4.58. The van der Waals surface area contributed by atoms with Gasteiger partial charge in [0.15, 0.2) is 0 Å². The van der Waals surface area contributed by atoms with E-state index in [4.69, 9.17) is 0 Å². The van der Waals surface area contributed by atoms with Gasteiger partial charge in [-0.05, 0) is 30.6 Å². The van der Waals surface area contributed by atoms with Gasteiger partial charge in [0.1, 0.15) is 0 Å². The fourth-order valence-corrected chi connectivity index (χ4v) is 2.55. The van der Waals surface area contributed by atoms with Crippen molar-refractivity contribution in [1.82, 2.24) is 0 Å². The van der Waals surface area contributed by atoms with Crippen LogP contribution in [0.4, 0.5) is 0 Å². The lowest BCUT2D eigenvalue weighted by molar-refractivity contribution is 0.362. The van der Waals surface area contributed by atoms with E-state index in [2.05, 4.69) is 29.8 Å². The van der Waals surface area contributed by atoms with Gasteiger partial charge in [0.05, 0.1) is 0 Å². The van der Waals surface area contributed by atoms with E-state index in [1.54, 1.807) is 0 Å². The van der Waals surface area contributed by atoms with E-state index in [-0.39, 0.29) is 0 Å². The highest BCUT2D eigenvalue weighted by Crippen LogP contribution is 2.52. The summed E-state index contributed by atoms with van der Waals surface area (Å²) >= 11 is 3.62. The summed E-state index contributed by atoms with van der Waals surface area (Å²) in [5.74, 6) is 0.982. The fraction of sp³-hybridized carbons (Fsp3) is 1.00. The van der Waals surface area contributed by atoms with Gasteiger partial charge in [-0.15, -0.1) is 0 Å². The van der Waals surface area contributed by atoms with Crippen LogP contribution in [-0.4, -0.2) is 5.33 Å². The molecule has 0 radical (unpaired) electrons. The van der Waals surface area contributed by atoms with Crippen LogP contribution in [0, 0.1) is 11.3 Å². The Morgan fingerprint density at radius 1 is 1.27 bits per heavy atom. The van der Waals surface area contributed by atoms with Gasteiger partial charge in [-0.1, -0.05) is 42.6 Å². The summed E-state index contributed by atoms with van der Waals surface area (Å²) in [4.78, 5) is 0. The predicted octanol–water partition coefficient (Wildman–Crippen LogP) is 3.99. The van der Waals surface area contributed by atoms with Crippen LogP contribution in [0.5, 0.6) is 0 Å².